The van der Waals surface area contributed by atoms with Gasteiger partial charge < -0.3 is 10.1 Å². The van der Waals surface area contributed by atoms with Gasteiger partial charge in [-0.1, -0.05) is 36.2 Å². The summed E-state index contributed by atoms with van der Waals surface area (Å²) >= 11 is 11.9. The number of hydrogen-bond acceptors (Lipinski definition) is 3. The van der Waals surface area contributed by atoms with Crippen molar-refractivity contribution in [3.63, 3.8) is 0 Å². The minimum Gasteiger partial charge on any atom is -0.437 e. The van der Waals surface area contributed by atoms with E-state index in [1.807, 2.05) is 18.3 Å². The van der Waals surface area contributed by atoms with Crippen LogP contribution in [-0.4, -0.2) is 11.5 Å². The number of nitrogens with one attached hydrogen (secondary N) is 1. The highest BCUT2D eigenvalue weighted by Crippen LogP contribution is 2.30. The number of pyridine rings is 1. The van der Waals surface area contributed by atoms with Gasteiger partial charge in [0.2, 0.25) is 5.88 Å². The van der Waals surface area contributed by atoms with Gasteiger partial charge in [-0.05, 0) is 43.7 Å². The predicted molar refractivity (Wildman–Crippen MR) is 87.5 cm³/mol. The van der Waals surface area contributed by atoms with E-state index in [-0.39, 0.29) is 6.04 Å². The van der Waals surface area contributed by atoms with Gasteiger partial charge >= 0.3 is 0 Å². The first-order valence-corrected chi connectivity index (χ1v) is 7.68. The van der Waals surface area contributed by atoms with Gasteiger partial charge in [0.1, 0.15) is 5.75 Å². The smallest absolute Gasteiger partial charge is 0.219 e. The van der Waals surface area contributed by atoms with Crippen LogP contribution < -0.4 is 10.1 Å². The molecular weight excluding hydrogens is 307 g/mol. The first kappa shape index (κ1) is 16.1. The van der Waals surface area contributed by atoms with Gasteiger partial charge in [0.25, 0.3) is 0 Å². The largest absolute Gasteiger partial charge is 0.437 e. The van der Waals surface area contributed by atoms with E-state index in [9.17, 15) is 0 Å². The summed E-state index contributed by atoms with van der Waals surface area (Å²) in [5.74, 6) is 1.05. The zero-order chi connectivity index (χ0) is 15.2. The number of ether oxygens (including phenoxy) is 1. The molecule has 1 aromatic heterocycles. The average molecular weight is 325 g/mol. The Kier molecular flexibility index (Phi) is 5.85. The lowest BCUT2D eigenvalue weighted by molar-refractivity contribution is 0.461. The normalized spacial score (nSPS) is 12.2. The highest BCUT2D eigenvalue weighted by Gasteiger charge is 2.07. The van der Waals surface area contributed by atoms with Crippen LogP contribution in [0.3, 0.4) is 0 Å². The molecule has 1 unspecified atom stereocenters. The molecule has 1 N–H and O–H groups in total. The summed E-state index contributed by atoms with van der Waals surface area (Å²) in [6.45, 7) is 5.24. The predicted octanol–water partition coefficient (Wildman–Crippen LogP) is 5.24. The van der Waals surface area contributed by atoms with Crippen LogP contribution in [0.15, 0.2) is 36.5 Å². The molecule has 5 heteroatoms. The van der Waals surface area contributed by atoms with Crippen LogP contribution in [0, 0.1) is 0 Å². The molecule has 0 radical (unpaired) electrons. The first-order valence-electron chi connectivity index (χ1n) is 6.92. The summed E-state index contributed by atoms with van der Waals surface area (Å²) in [6, 6.07) is 9.21. The van der Waals surface area contributed by atoms with E-state index in [4.69, 9.17) is 27.9 Å². The zero-order valence-electron chi connectivity index (χ0n) is 12.1. The topological polar surface area (TPSA) is 34.1 Å². The van der Waals surface area contributed by atoms with Gasteiger partial charge in [0.05, 0.1) is 5.02 Å². The van der Waals surface area contributed by atoms with Crippen molar-refractivity contribution in [1.29, 1.82) is 0 Å². The third kappa shape index (κ3) is 4.60. The number of halogens is 2. The van der Waals surface area contributed by atoms with Crippen molar-refractivity contribution in [3.8, 4) is 11.6 Å². The minimum absolute atomic E-state index is 0.269. The van der Waals surface area contributed by atoms with Crippen LogP contribution >= 0.6 is 23.2 Å². The number of aromatic nitrogens is 1. The van der Waals surface area contributed by atoms with Crippen LogP contribution in [0.4, 0.5) is 0 Å². The van der Waals surface area contributed by atoms with Crippen LogP contribution in [0.2, 0.25) is 10.0 Å². The van der Waals surface area contributed by atoms with E-state index in [1.54, 1.807) is 18.2 Å². The molecule has 0 aliphatic carbocycles. The Labute approximate surface area is 135 Å². The number of benzene rings is 1. The minimum atomic E-state index is 0.269. The van der Waals surface area contributed by atoms with Crippen LogP contribution in [0.5, 0.6) is 11.6 Å². The Balaban J connectivity index is 2.05. The molecule has 0 amide bonds. The molecule has 21 heavy (non-hydrogen) atoms. The van der Waals surface area contributed by atoms with Crippen molar-refractivity contribution in [2.75, 3.05) is 6.54 Å². The van der Waals surface area contributed by atoms with Gasteiger partial charge in [-0.2, -0.15) is 0 Å². The second kappa shape index (κ2) is 7.64. The highest BCUT2D eigenvalue weighted by molar-refractivity contribution is 6.35. The lowest BCUT2D eigenvalue weighted by atomic mass is 10.1. The van der Waals surface area contributed by atoms with Crippen LogP contribution in [-0.2, 0) is 0 Å². The molecule has 1 heterocycles. The summed E-state index contributed by atoms with van der Waals surface area (Å²) in [5, 5.41) is 4.46. The lowest BCUT2D eigenvalue weighted by Crippen LogP contribution is -2.19. The molecule has 3 nitrogen and oxygen atoms in total. The molecular formula is C16H18Cl2N2O. The van der Waals surface area contributed by atoms with Crippen molar-refractivity contribution < 1.29 is 4.74 Å². The summed E-state index contributed by atoms with van der Waals surface area (Å²) in [4.78, 5) is 4.31. The molecule has 0 spiro atoms. The van der Waals surface area contributed by atoms with Gasteiger partial charge in [0, 0.05) is 23.3 Å². The zero-order valence-corrected chi connectivity index (χ0v) is 13.6. The third-order valence-electron chi connectivity index (χ3n) is 3.07. The molecule has 0 aliphatic heterocycles. The summed E-state index contributed by atoms with van der Waals surface area (Å²) < 4.78 is 5.66. The van der Waals surface area contributed by atoms with E-state index < -0.39 is 0 Å². The summed E-state index contributed by atoms with van der Waals surface area (Å²) in [6.07, 6.45) is 2.92. The summed E-state index contributed by atoms with van der Waals surface area (Å²) in [7, 11) is 0. The van der Waals surface area contributed by atoms with Gasteiger partial charge in [0.15, 0.2) is 0 Å². The first-order chi connectivity index (χ1) is 10.1. The molecule has 0 saturated heterocycles. The van der Waals surface area contributed by atoms with E-state index in [0.29, 0.717) is 21.7 Å². The molecule has 1 atom stereocenters. The van der Waals surface area contributed by atoms with Crippen molar-refractivity contribution in [2.45, 2.75) is 26.3 Å². The Hall–Kier alpha value is -1.29. The fraction of sp³-hybridized carbons (Fsp3) is 0.312. The van der Waals surface area contributed by atoms with Crippen molar-refractivity contribution >= 4 is 23.2 Å². The Morgan fingerprint density at radius 2 is 2.05 bits per heavy atom. The fourth-order valence-corrected chi connectivity index (χ4v) is 2.30. The molecule has 2 rings (SSSR count). The van der Waals surface area contributed by atoms with E-state index >= 15 is 0 Å². The Morgan fingerprint density at radius 3 is 2.67 bits per heavy atom. The summed E-state index contributed by atoms with van der Waals surface area (Å²) in [5.41, 5.74) is 1.12. The Bertz CT molecular complexity index is 587. The Morgan fingerprint density at radius 1 is 1.24 bits per heavy atom. The molecule has 112 valence electrons. The third-order valence-corrected chi connectivity index (χ3v) is 3.60. The van der Waals surface area contributed by atoms with Gasteiger partial charge in [-0.3, -0.25) is 0 Å². The second-order valence-electron chi connectivity index (χ2n) is 4.78. The van der Waals surface area contributed by atoms with Crippen molar-refractivity contribution in [2.24, 2.45) is 0 Å². The molecule has 0 fully saturated rings. The number of rotatable bonds is 6. The monoisotopic (exact) mass is 324 g/mol. The van der Waals surface area contributed by atoms with E-state index in [1.165, 1.54) is 0 Å². The second-order valence-corrected chi connectivity index (χ2v) is 5.63. The van der Waals surface area contributed by atoms with E-state index in [0.717, 1.165) is 18.5 Å². The molecule has 0 saturated carbocycles. The van der Waals surface area contributed by atoms with Crippen molar-refractivity contribution in [1.82, 2.24) is 10.3 Å². The molecule has 0 bridgehead atoms. The number of nitrogens with zero attached hydrogens (tertiary/aromatic N) is 1. The maximum atomic E-state index is 6.07. The average Bonchev–Trinajstić information content (AvgIpc) is 2.48. The SMILES string of the molecule is CCCNC(C)c1ccc(Oc2ccc(Cl)cc2Cl)nc1. The van der Waals surface area contributed by atoms with Crippen LogP contribution in [0.25, 0.3) is 0 Å². The molecule has 0 aliphatic rings. The quantitative estimate of drug-likeness (QED) is 0.788. The lowest BCUT2D eigenvalue weighted by Gasteiger charge is -2.13. The van der Waals surface area contributed by atoms with E-state index in [2.05, 4.69) is 24.1 Å². The van der Waals surface area contributed by atoms with Gasteiger partial charge in [-0.25, -0.2) is 4.98 Å². The molecule has 2 aromatic rings. The highest BCUT2D eigenvalue weighted by atomic mass is 35.5. The number of hydrogen-bond donors (Lipinski definition) is 1. The maximum Gasteiger partial charge on any atom is 0.219 e. The van der Waals surface area contributed by atoms with Gasteiger partial charge in [-0.15, -0.1) is 0 Å². The fourth-order valence-electron chi connectivity index (χ4n) is 1.86. The standard InChI is InChI=1S/C16H18Cl2N2O/c1-3-8-19-11(2)12-4-7-16(20-10-12)21-15-6-5-13(17)9-14(15)18/h4-7,9-11,19H,3,8H2,1-2H3. The van der Waals surface area contributed by atoms with Crippen molar-refractivity contribution in [3.05, 3.63) is 52.1 Å². The molecule has 1 aromatic carbocycles. The van der Waals surface area contributed by atoms with Crippen LogP contribution in [0.1, 0.15) is 31.9 Å². The maximum absolute atomic E-state index is 6.07.